The van der Waals surface area contributed by atoms with Crippen LogP contribution >= 0.6 is 0 Å². The maximum Gasteiger partial charge on any atom is 0.234 e. The van der Waals surface area contributed by atoms with Crippen LogP contribution in [0.1, 0.15) is 26.7 Å². The maximum atomic E-state index is 11.5. The second-order valence-electron chi connectivity index (χ2n) is 4.81. The molecule has 1 atom stereocenters. The average molecular weight is 213 g/mol. The van der Waals surface area contributed by atoms with E-state index in [1.54, 1.807) is 0 Å². The van der Waals surface area contributed by atoms with Gasteiger partial charge in [-0.1, -0.05) is 0 Å². The van der Waals surface area contributed by atoms with E-state index in [4.69, 9.17) is 5.73 Å². The Kier molecular flexibility index (Phi) is 4.54. The molecule has 0 aromatic rings. The molecular weight excluding hydrogens is 190 g/mol. The predicted molar refractivity (Wildman–Crippen MR) is 61.5 cm³/mol. The van der Waals surface area contributed by atoms with E-state index < -0.39 is 0 Å². The van der Waals surface area contributed by atoms with Gasteiger partial charge in [0.2, 0.25) is 5.91 Å². The highest BCUT2D eigenvalue weighted by molar-refractivity contribution is 5.78. The summed E-state index contributed by atoms with van der Waals surface area (Å²) in [6.45, 7) is 5.22. The van der Waals surface area contributed by atoms with Gasteiger partial charge >= 0.3 is 0 Å². The summed E-state index contributed by atoms with van der Waals surface area (Å²) >= 11 is 0. The minimum absolute atomic E-state index is 0.0716. The van der Waals surface area contributed by atoms with E-state index >= 15 is 0 Å². The molecule has 0 heterocycles. The van der Waals surface area contributed by atoms with Gasteiger partial charge in [-0.05, 0) is 39.7 Å². The molecule has 0 bridgehead atoms. The number of hydrogen-bond acceptors (Lipinski definition) is 3. The first-order valence-electron chi connectivity index (χ1n) is 5.73. The number of carbonyl (C=O) groups is 1. The molecule has 0 aromatic carbocycles. The van der Waals surface area contributed by atoms with Crippen LogP contribution in [0.5, 0.6) is 0 Å². The van der Waals surface area contributed by atoms with E-state index in [0.29, 0.717) is 25.0 Å². The van der Waals surface area contributed by atoms with Gasteiger partial charge in [0.25, 0.3) is 0 Å². The van der Waals surface area contributed by atoms with Gasteiger partial charge in [-0.3, -0.25) is 9.69 Å². The molecule has 1 aliphatic carbocycles. The van der Waals surface area contributed by atoms with E-state index in [0.717, 1.165) is 0 Å². The second kappa shape index (κ2) is 5.47. The summed E-state index contributed by atoms with van der Waals surface area (Å²) in [6.07, 6.45) is 2.45. The summed E-state index contributed by atoms with van der Waals surface area (Å²) in [4.78, 5) is 13.5. The third kappa shape index (κ3) is 4.62. The Hall–Kier alpha value is -0.610. The van der Waals surface area contributed by atoms with Crippen LogP contribution in [0.25, 0.3) is 0 Å². The van der Waals surface area contributed by atoms with Gasteiger partial charge in [-0.15, -0.1) is 0 Å². The summed E-state index contributed by atoms with van der Waals surface area (Å²) in [5.74, 6) is 0.718. The number of rotatable bonds is 6. The number of likely N-dealkylation sites (N-methyl/N-ethyl adjacent to an activating group) is 1. The van der Waals surface area contributed by atoms with Gasteiger partial charge in [0, 0.05) is 18.6 Å². The smallest absolute Gasteiger partial charge is 0.234 e. The van der Waals surface area contributed by atoms with E-state index in [1.807, 2.05) is 11.9 Å². The largest absolute Gasteiger partial charge is 0.353 e. The molecule has 3 N–H and O–H groups in total. The quantitative estimate of drug-likeness (QED) is 0.662. The molecule has 1 unspecified atom stereocenters. The highest BCUT2D eigenvalue weighted by atomic mass is 16.2. The van der Waals surface area contributed by atoms with Crippen LogP contribution in [0.4, 0.5) is 0 Å². The van der Waals surface area contributed by atoms with Crippen molar-refractivity contribution >= 4 is 5.91 Å². The molecule has 1 amide bonds. The molecule has 1 aliphatic rings. The van der Waals surface area contributed by atoms with Crippen molar-refractivity contribution in [2.45, 2.75) is 38.8 Å². The standard InChI is InChI=1S/C11H23N3O/c1-8(2)14(3)7-11(15)13-6-10(12)9-4-5-9/h8-10H,4-7,12H2,1-3H3,(H,13,15). The van der Waals surface area contributed by atoms with Crippen molar-refractivity contribution in [2.75, 3.05) is 20.1 Å². The SMILES string of the molecule is CC(C)N(C)CC(=O)NCC(N)C1CC1. The summed E-state index contributed by atoms with van der Waals surface area (Å²) in [6, 6.07) is 0.547. The Labute approximate surface area is 92.2 Å². The number of amides is 1. The zero-order chi connectivity index (χ0) is 11.4. The van der Waals surface area contributed by atoms with Gasteiger partial charge in [0.1, 0.15) is 0 Å². The fourth-order valence-electron chi connectivity index (χ4n) is 1.39. The topological polar surface area (TPSA) is 58.4 Å². The van der Waals surface area contributed by atoms with Crippen molar-refractivity contribution in [1.82, 2.24) is 10.2 Å². The van der Waals surface area contributed by atoms with Crippen molar-refractivity contribution in [2.24, 2.45) is 11.7 Å². The summed E-state index contributed by atoms with van der Waals surface area (Å²) in [5.41, 5.74) is 5.89. The Morgan fingerprint density at radius 1 is 1.53 bits per heavy atom. The normalized spacial score (nSPS) is 18.3. The molecule has 0 radical (unpaired) electrons. The fraction of sp³-hybridized carbons (Fsp3) is 0.909. The minimum Gasteiger partial charge on any atom is -0.353 e. The molecule has 0 aromatic heterocycles. The molecular formula is C11H23N3O. The molecule has 0 saturated heterocycles. The van der Waals surface area contributed by atoms with Crippen LogP contribution in [-0.4, -0.2) is 43.0 Å². The highest BCUT2D eigenvalue weighted by Gasteiger charge is 2.28. The van der Waals surface area contributed by atoms with Crippen LogP contribution in [0.2, 0.25) is 0 Å². The first kappa shape index (κ1) is 12.5. The molecule has 4 nitrogen and oxygen atoms in total. The molecule has 0 aliphatic heterocycles. The number of carbonyl (C=O) groups excluding carboxylic acids is 1. The Morgan fingerprint density at radius 2 is 2.13 bits per heavy atom. The lowest BCUT2D eigenvalue weighted by Gasteiger charge is -2.20. The van der Waals surface area contributed by atoms with E-state index in [1.165, 1.54) is 12.8 Å². The lowest BCUT2D eigenvalue weighted by Crippen LogP contribution is -2.43. The van der Waals surface area contributed by atoms with Gasteiger partial charge in [0.05, 0.1) is 6.54 Å². The Bertz CT molecular complexity index is 214. The molecule has 0 spiro atoms. The molecule has 1 rings (SSSR count). The molecule has 15 heavy (non-hydrogen) atoms. The van der Waals surface area contributed by atoms with Crippen molar-refractivity contribution < 1.29 is 4.79 Å². The molecule has 1 saturated carbocycles. The van der Waals surface area contributed by atoms with Gasteiger partial charge in [0.15, 0.2) is 0 Å². The van der Waals surface area contributed by atoms with E-state index in [9.17, 15) is 4.79 Å². The number of hydrogen-bond donors (Lipinski definition) is 2. The molecule has 4 heteroatoms. The van der Waals surface area contributed by atoms with Gasteiger partial charge in [-0.25, -0.2) is 0 Å². The second-order valence-corrected chi connectivity index (χ2v) is 4.81. The predicted octanol–water partition coefficient (Wildman–Crippen LogP) is 0.180. The number of nitrogens with two attached hydrogens (primary N) is 1. The van der Waals surface area contributed by atoms with Crippen LogP contribution in [0.15, 0.2) is 0 Å². The van der Waals surface area contributed by atoms with Crippen LogP contribution in [0, 0.1) is 5.92 Å². The summed E-state index contributed by atoms with van der Waals surface area (Å²) < 4.78 is 0. The highest BCUT2D eigenvalue weighted by Crippen LogP contribution is 2.31. The van der Waals surface area contributed by atoms with Gasteiger partial charge in [-0.2, -0.15) is 0 Å². The zero-order valence-electron chi connectivity index (χ0n) is 9.99. The van der Waals surface area contributed by atoms with Crippen molar-refractivity contribution in [3.05, 3.63) is 0 Å². The van der Waals surface area contributed by atoms with Crippen molar-refractivity contribution in [3.8, 4) is 0 Å². The van der Waals surface area contributed by atoms with Crippen LogP contribution in [0.3, 0.4) is 0 Å². The maximum absolute atomic E-state index is 11.5. The van der Waals surface area contributed by atoms with Crippen molar-refractivity contribution in [1.29, 1.82) is 0 Å². The average Bonchev–Trinajstić information content (AvgIpc) is 2.96. The summed E-state index contributed by atoms with van der Waals surface area (Å²) in [5, 5.41) is 2.88. The van der Waals surface area contributed by atoms with E-state index in [-0.39, 0.29) is 11.9 Å². The fourth-order valence-corrected chi connectivity index (χ4v) is 1.39. The lowest BCUT2D eigenvalue weighted by atomic mass is 10.2. The van der Waals surface area contributed by atoms with Gasteiger partial charge < -0.3 is 11.1 Å². The van der Waals surface area contributed by atoms with Crippen LogP contribution < -0.4 is 11.1 Å². The monoisotopic (exact) mass is 213 g/mol. The Balaban J connectivity index is 2.12. The minimum atomic E-state index is 0.0716. The molecule has 1 fully saturated rings. The third-order valence-corrected chi connectivity index (χ3v) is 3.04. The van der Waals surface area contributed by atoms with Crippen molar-refractivity contribution in [3.63, 3.8) is 0 Å². The summed E-state index contributed by atoms with van der Waals surface area (Å²) in [7, 11) is 1.95. The Morgan fingerprint density at radius 3 is 2.60 bits per heavy atom. The lowest BCUT2D eigenvalue weighted by molar-refractivity contribution is -0.122. The first-order valence-corrected chi connectivity index (χ1v) is 5.73. The van der Waals surface area contributed by atoms with E-state index in [2.05, 4.69) is 19.2 Å². The first-order chi connectivity index (χ1) is 7.00. The molecule has 88 valence electrons. The zero-order valence-corrected chi connectivity index (χ0v) is 9.99. The number of nitrogens with zero attached hydrogens (tertiary/aromatic N) is 1. The third-order valence-electron chi connectivity index (χ3n) is 3.04. The van der Waals surface area contributed by atoms with Crippen LogP contribution in [-0.2, 0) is 4.79 Å². The number of nitrogens with one attached hydrogen (secondary N) is 1.